The van der Waals surface area contributed by atoms with Crippen molar-refractivity contribution < 1.29 is 9.59 Å². The summed E-state index contributed by atoms with van der Waals surface area (Å²) in [6.07, 6.45) is 0.541. The molecule has 4 nitrogen and oxygen atoms in total. The van der Waals surface area contributed by atoms with Crippen molar-refractivity contribution >= 4 is 11.9 Å². The van der Waals surface area contributed by atoms with Crippen LogP contribution >= 0.6 is 0 Å². The topological polar surface area (TPSA) is 58.2 Å². The maximum Gasteiger partial charge on any atom is 0.322 e. The number of urea groups is 1. The van der Waals surface area contributed by atoms with Gasteiger partial charge in [-0.2, -0.15) is 0 Å². The fourth-order valence-corrected chi connectivity index (χ4v) is 1.68. The molecule has 17 heavy (non-hydrogen) atoms. The van der Waals surface area contributed by atoms with Crippen molar-refractivity contribution in [1.82, 2.24) is 10.6 Å². The Morgan fingerprint density at radius 3 is 2.47 bits per heavy atom. The van der Waals surface area contributed by atoms with E-state index in [2.05, 4.69) is 10.6 Å². The van der Waals surface area contributed by atoms with E-state index < -0.39 is 12.1 Å². The number of rotatable bonds is 2. The summed E-state index contributed by atoms with van der Waals surface area (Å²) in [5.41, 5.74) is 2.20. The van der Waals surface area contributed by atoms with Crippen molar-refractivity contribution in [3.63, 3.8) is 0 Å². The Kier molecular flexibility index (Phi) is 4.69. The lowest BCUT2D eigenvalue weighted by molar-refractivity contribution is -0.120. The summed E-state index contributed by atoms with van der Waals surface area (Å²) in [5, 5.41) is 4.78. The van der Waals surface area contributed by atoms with Crippen LogP contribution in [0.15, 0.2) is 24.3 Å². The molecule has 1 aromatic rings. The molecule has 0 aliphatic carbocycles. The Labute approximate surface area is 101 Å². The molecule has 0 spiro atoms. The summed E-state index contributed by atoms with van der Waals surface area (Å²) >= 11 is 0. The van der Waals surface area contributed by atoms with Crippen LogP contribution in [-0.4, -0.2) is 18.0 Å². The number of hydrogen-bond acceptors (Lipinski definition) is 2. The van der Waals surface area contributed by atoms with Gasteiger partial charge in [0, 0.05) is 6.42 Å². The summed E-state index contributed by atoms with van der Waals surface area (Å²) in [4.78, 5) is 22.2. The number of hydrogen-bond donors (Lipinski definition) is 2. The van der Waals surface area contributed by atoms with Crippen LogP contribution in [0.1, 0.15) is 25.0 Å². The Morgan fingerprint density at radius 1 is 1.24 bits per heavy atom. The van der Waals surface area contributed by atoms with Gasteiger partial charge in [-0.15, -0.1) is 0 Å². The second-order valence-corrected chi connectivity index (χ2v) is 3.71. The van der Waals surface area contributed by atoms with Crippen LogP contribution < -0.4 is 10.6 Å². The van der Waals surface area contributed by atoms with E-state index in [9.17, 15) is 9.59 Å². The predicted octanol–water partition coefficient (Wildman–Crippen LogP) is 1.77. The molecule has 1 aromatic carbocycles. The van der Waals surface area contributed by atoms with Crippen molar-refractivity contribution in [3.05, 3.63) is 35.4 Å². The monoisotopic (exact) mass is 234 g/mol. The number of amides is 3. The molecular weight excluding hydrogens is 216 g/mol. The summed E-state index contributed by atoms with van der Waals surface area (Å²) in [6, 6.07) is 7.07. The smallest absolute Gasteiger partial charge is 0.322 e. The Morgan fingerprint density at radius 2 is 1.94 bits per heavy atom. The minimum Gasteiger partial charge on any atom is -0.326 e. The molecule has 0 bridgehead atoms. The molecule has 1 heterocycles. The van der Waals surface area contributed by atoms with Gasteiger partial charge in [0.25, 0.3) is 5.91 Å². The molecule has 0 saturated carbocycles. The van der Waals surface area contributed by atoms with Crippen LogP contribution in [0.5, 0.6) is 0 Å². The van der Waals surface area contributed by atoms with Gasteiger partial charge in [0.1, 0.15) is 6.04 Å². The highest BCUT2D eigenvalue weighted by Crippen LogP contribution is 2.08. The van der Waals surface area contributed by atoms with E-state index in [1.165, 1.54) is 0 Å². The number of aryl methyl sites for hydroxylation is 1. The molecule has 1 fully saturated rings. The quantitative estimate of drug-likeness (QED) is 0.766. The first-order valence-corrected chi connectivity index (χ1v) is 5.82. The normalized spacial score (nSPS) is 17.9. The van der Waals surface area contributed by atoms with E-state index in [1.807, 2.05) is 45.0 Å². The summed E-state index contributed by atoms with van der Waals surface area (Å²) in [5.74, 6) is -0.249. The molecule has 1 aliphatic rings. The zero-order valence-corrected chi connectivity index (χ0v) is 10.4. The molecule has 4 heteroatoms. The maximum atomic E-state index is 11.3. The molecule has 1 unspecified atom stereocenters. The lowest BCUT2D eigenvalue weighted by atomic mass is 10.0. The molecule has 0 aromatic heterocycles. The molecule has 1 atom stereocenters. The lowest BCUT2D eigenvalue weighted by Crippen LogP contribution is -2.31. The fourth-order valence-electron chi connectivity index (χ4n) is 1.68. The number of carbonyl (C=O) groups excluding carboxylic acids is 2. The lowest BCUT2D eigenvalue weighted by Gasteiger charge is -2.07. The van der Waals surface area contributed by atoms with E-state index >= 15 is 0 Å². The van der Waals surface area contributed by atoms with Gasteiger partial charge in [-0.25, -0.2) is 4.79 Å². The van der Waals surface area contributed by atoms with Crippen LogP contribution in [0, 0.1) is 6.92 Å². The van der Waals surface area contributed by atoms with Crippen molar-refractivity contribution in [2.75, 3.05) is 0 Å². The third-order valence-electron chi connectivity index (χ3n) is 2.38. The average Bonchev–Trinajstić information content (AvgIpc) is 2.60. The van der Waals surface area contributed by atoms with Crippen molar-refractivity contribution in [2.45, 2.75) is 33.2 Å². The molecule has 1 aliphatic heterocycles. The molecule has 92 valence electrons. The summed E-state index contributed by atoms with van der Waals surface area (Å²) in [7, 11) is 0. The van der Waals surface area contributed by atoms with Crippen LogP contribution in [-0.2, 0) is 11.2 Å². The Hall–Kier alpha value is -1.84. The number of carbonyl (C=O) groups is 2. The summed E-state index contributed by atoms with van der Waals surface area (Å²) < 4.78 is 0. The Balaban J connectivity index is 0.000000686. The maximum absolute atomic E-state index is 11.3. The van der Waals surface area contributed by atoms with Crippen LogP contribution in [0.25, 0.3) is 0 Å². The average molecular weight is 234 g/mol. The zero-order valence-electron chi connectivity index (χ0n) is 10.4. The van der Waals surface area contributed by atoms with Crippen molar-refractivity contribution in [2.24, 2.45) is 0 Å². The van der Waals surface area contributed by atoms with E-state index in [0.717, 1.165) is 11.1 Å². The number of nitrogens with one attached hydrogen (secondary N) is 2. The molecule has 2 N–H and O–H groups in total. The highest BCUT2D eigenvalue weighted by molar-refractivity contribution is 6.04. The highest BCUT2D eigenvalue weighted by atomic mass is 16.2. The molecule has 2 rings (SSSR count). The largest absolute Gasteiger partial charge is 0.326 e. The Bertz CT molecular complexity index is 416. The van der Waals surface area contributed by atoms with Gasteiger partial charge in [-0.3, -0.25) is 10.1 Å². The van der Waals surface area contributed by atoms with Gasteiger partial charge in [-0.1, -0.05) is 43.7 Å². The number of imide groups is 1. The van der Waals surface area contributed by atoms with E-state index in [0.29, 0.717) is 6.42 Å². The van der Waals surface area contributed by atoms with Gasteiger partial charge in [0.2, 0.25) is 0 Å². The first kappa shape index (κ1) is 13.2. The molecule has 1 saturated heterocycles. The third kappa shape index (κ3) is 3.59. The minimum absolute atomic E-state index is 0.249. The van der Waals surface area contributed by atoms with Crippen LogP contribution in [0.2, 0.25) is 0 Å². The van der Waals surface area contributed by atoms with Gasteiger partial charge < -0.3 is 5.32 Å². The van der Waals surface area contributed by atoms with Gasteiger partial charge >= 0.3 is 6.03 Å². The molecular formula is C13H18N2O2. The first-order valence-electron chi connectivity index (χ1n) is 5.82. The van der Waals surface area contributed by atoms with Crippen LogP contribution in [0.3, 0.4) is 0 Å². The van der Waals surface area contributed by atoms with Crippen molar-refractivity contribution in [1.29, 1.82) is 0 Å². The van der Waals surface area contributed by atoms with Crippen LogP contribution in [0.4, 0.5) is 4.79 Å². The highest BCUT2D eigenvalue weighted by Gasteiger charge is 2.29. The summed E-state index contributed by atoms with van der Waals surface area (Å²) in [6.45, 7) is 6.00. The van der Waals surface area contributed by atoms with E-state index in [4.69, 9.17) is 0 Å². The fraction of sp³-hybridized carbons (Fsp3) is 0.385. The second kappa shape index (κ2) is 6.03. The number of benzene rings is 1. The minimum atomic E-state index is -0.431. The van der Waals surface area contributed by atoms with E-state index in [1.54, 1.807) is 0 Å². The second-order valence-electron chi connectivity index (χ2n) is 3.71. The third-order valence-corrected chi connectivity index (χ3v) is 2.38. The predicted molar refractivity (Wildman–Crippen MR) is 66.7 cm³/mol. The van der Waals surface area contributed by atoms with Gasteiger partial charge in [0.15, 0.2) is 0 Å². The SMILES string of the molecule is CC.Cc1cccc(CC2NC(=O)NC2=O)c1. The standard InChI is InChI=1S/C11H12N2O2.C2H6/c1-7-3-2-4-8(5-7)6-9-10(14)13-11(15)12-9;1-2/h2-5,9H,6H2,1H3,(H2,12,13,14,15);1-2H3. The van der Waals surface area contributed by atoms with Gasteiger partial charge in [0.05, 0.1) is 0 Å². The van der Waals surface area contributed by atoms with E-state index in [-0.39, 0.29) is 5.91 Å². The molecule has 3 amide bonds. The van der Waals surface area contributed by atoms with Gasteiger partial charge in [-0.05, 0) is 12.5 Å². The first-order chi connectivity index (χ1) is 8.15. The zero-order chi connectivity index (χ0) is 12.8. The molecule has 0 radical (unpaired) electrons. The van der Waals surface area contributed by atoms with Crippen molar-refractivity contribution in [3.8, 4) is 0 Å².